The van der Waals surface area contributed by atoms with Gasteiger partial charge >= 0.3 is 0 Å². The third-order valence-electron chi connectivity index (χ3n) is 4.46. The van der Waals surface area contributed by atoms with Crippen LogP contribution in [0.25, 0.3) is 0 Å². The molecule has 132 valence electrons. The van der Waals surface area contributed by atoms with Gasteiger partial charge in [-0.3, -0.25) is 9.59 Å². The van der Waals surface area contributed by atoms with Gasteiger partial charge in [-0.25, -0.2) is 0 Å². The topological polar surface area (TPSA) is 53.8 Å². The summed E-state index contributed by atoms with van der Waals surface area (Å²) in [7, 11) is 1.73. The highest BCUT2D eigenvalue weighted by molar-refractivity contribution is 8.01. The lowest BCUT2D eigenvalue weighted by atomic mass is 10.1. The van der Waals surface area contributed by atoms with Gasteiger partial charge in [0.2, 0.25) is 5.91 Å². The number of nitrogens with zero attached hydrogens (tertiary/aromatic N) is 2. The van der Waals surface area contributed by atoms with Gasteiger partial charge < -0.3 is 14.2 Å². The number of thioether (sulfide) groups is 1. The van der Waals surface area contributed by atoms with Gasteiger partial charge in [0.15, 0.2) is 5.76 Å². The van der Waals surface area contributed by atoms with E-state index in [0.717, 1.165) is 5.56 Å². The lowest BCUT2D eigenvalue weighted by Crippen LogP contribution is -2.39. The molecule has 1 aromatic carbocycles. The number of rotatable bonds is 5. The lowest BCUT2D eigenvalue weighted by molar-refractivity contribution is -0.129. The molecule has 0 bridgehead atoms. The summed E-state index contributed by atoms with van der Waals surface area (Å²) in [6.45, 7) is 4.96. The molecule has 2 atom stereocenters. The van der Waals surface area contributed by atoms with Crippen LogP contribution >= 0.6 is 11.8 Å². The first kappa shape index (κ1) is 17.6. The molecular formula is C19H22N2O3S. The second-order valence-corrected chi connectivity index (χ2v) is 7.65. The van der Waals surface area contributed by atoms with Crippen LogP contribution in [0.1, 0.15) is 34.0 Å². The van der Waals surface area contributed by atoms with Crippen molar-refractivity contribution >= 4 is 23.6 Å². The van der Waals surface area contributed by atoms with Crippen molar-refractivity contribution in [2.75, 3.05) is 20.1 Å². The van der Waals surface area contributed by atoms with Gasteiger partial charge in [0.25, 0.3) is 5.91 Å². The van der Waals surface area contributed by atoms with Crippen molar-refractivity contribution in [1.82, 2.24) is 9.80 Å². The standard InChI is InChI=1S/C19H22N2O3S/c1-13-7-4-5-8-15(13)19-21(17(22)14(2)25-19)11-10-20(3)18(23)16-9-6-12-24-16/h4-9,12,14,19H,10-11H2,1-3H3. The summed E-state index contributed by atoms with van der Waals surface area (Å²) in [5.74, 6) is 0.260. The summed E-state index contributed by atoms with van der Waals surface area (Å²) in [4.78, 5) is 28.4. The zero-order chi connectivity index (χ0) is 18.0. The van der Waals surface area contributed by atoms with Crippen LogP contribution in [0.15, 0.2) is 47.1 Å². The van der Waals surface area contributed by atoms with E-state index >= 15 is 0 Å². The second-order valence-electron chi connectivity index (χ2n) is 6.22. The zero-order valence-electron chi connectivity index (χ0n) is 14.6. The number of hydrogen-bond donors (Lipinski definition) is 0. The maximum absolute atomic E-state index is 12.6. The largest absolute Gasteiger partial charge is 0.459 e. The van der Waals surface area contributed by atoms with E-state index in [2.05, 4.69) is 19.1 Å². The second kappa shape index (κ2) is 7.35. The molecule has 0 radical (unpaired) electrons. The summed E-state index contributed by atoms with van der Waals surface area (Å²) in [5.41, 5.74) is 2.33. The molecule has 25 heavy (non-hydrogen) atoms. The Morgan fingerprint density at radius 3 is 2.72 bits per heavy atom. The fourth-order valence-corrected chi connectivity index (χ4v) is 4.36. The molecule has 5 nitrogen and oxygen atoms in total. The molecule has 2 amide bonds. The average Bonchev–Trinajstić information content (AvgIpc) is 3.22. The zero-order valence-corrected chi connectivity index (χ0v) is 15.5. The van der Waals surface area contributed by atoms with Gasteiger partial charge in [-0.2, -0.15) is 0 Å². The Labute approximate surface area is 152 Å². The van der Waals surface area contributed by atoms with Crippen molar-refractivity contribution in [2.45, 2.75) is 24.5 Å². The average molecular weight is 358 g/mol. The predicted molar refractivity (Wildman–Crippen MR) is 98.4 cm³/mol. The summed E-state index contributed by atoms with van der Waals surface area (Å²) in [5, 5.41) is -0.0773. The molecule has 1 aliphatic rings. The van der Waals surface area contributed by atoms with Crippen LogP contribution in [-0.2, 0) is 4.79 Å². The SMILES string of the molecule is Cc1ccccc1C1SC(C)C(=O)N1CCN(C)C(=O)c1ccco1. The molecule has 1 fully saturated rings. The van der Waals surface area contributed by atoms with Gasteiger partial charge in [0.1, 0.15) is 5.37 Å². The Bertz CT molecular complexity index is 760. The third-order valence-corrected chi connectivity index (χ3v) is 5.83. The highest BCUT2D eigenvalue weighted by atomic mass is 32.2. The number of benzene rings is 1. The molecule has 1 saturated heterocycles. The van der Waals surface area contributed by atoms with E-state index < -0.39 is 0 Å². The molecule has 2 aromatic rings. The quantitative estimate of drug-likeness (QED) is 0.823. The summed E-state index contributed by atoms with van der Waals surface area (Å²) in [6.07, 6.45) is 1.48. The molecule has 0 N–H and O–H groups in total. The van der Waals surface area contributed by atoms with E-state index in [9.17, 15) is 9.59 Å². The fraction of sp³-hybridized carbons (Fsp3) is 0.368. The van der Waals surface area contributed by atoms with E-state index in [0.29, 0.717) is 18.8 Å². The monoisotopic (exact) mass is 358 g/mol. The van der Waals surface area contributed by atoms with E-state index in [4.69, 9.17) is 4.42 Å². The van der Waals surface area contributed by atoms with Crippen molar-refractivity contribution in [1.29, 1.82) is 0 Å². The lowest BCUT2D eigenvalue weighted by Gasteiger charge is -2.27. The molecule has 2 unspecified atom stereocenters. The number of likely N-dealkylation sites (N-methyl/N-ethyl adjacent to an activating group) is 1. The first-order chi connectivity index (χ1) is 12.0. The van der Waals surface area contributed by atoms with Crippen molar-refractivity contribution < 1.29 is 14.0 Å². The minimum absolute atomic E-state index is 0.00388. The van der Waals surface area contributed by atoms with Crippen LogP contribution in [0.4, 0.5) is 0 Å². The van der Waals surface area contributed by atoms with Crippen molar-refractivity contribution in [2.24, 2.45) is 0 Å². The van der Waals surface area contributed by atoms with E-state index in [-0.39, 0.29) is 22.4 Å². The maximum Gasteiger partial charge on any atom is 0.289 e. The summed E-state index contributed by atoms with van der Waals surface area (Å²) < 4.78 is 5.16. The number of carbonyl (C=O) groups excluding carboxylic acids is 2. The molecule has 1 aromatic heterocycles. The highest BCUT2D eigenvalue weighted by Gasteiger charge is 2.38. The van der Waals surface area contributed by atoms with Crippen molar-refractivity contribution in [3.05, 3.63) is 59.5 Å². The molecule has 6 heteroatoms. The van der Waals surface area contributed by atoms with Crippen LogP contribution in [0, 0.1) is 6.92 Å². The Hall–Kier alpha value is -2.21. The number of amides is 2. The van der Waals surface area contributed by atoms with Crippen molar-refractivity contribution in [3.63, 3.8) is 0 Å². The first-order valence-corrected chi connectivity index (χ1v) is 9.23. The highest BCUT2D eigenvalue weighted by Crippen LogP contribution is 2.43. The van der Waals surface area contributed by atoms with Crippen LogP contribution in [0.5, 0.6) is 0 Å². The molecule has 0 saturated carbocycles. The normalized spacial score (nSPS) is 20.1. The summed E-state index contributed by atoms with van der Waals surface area (Å²) >= 11 is 1.66. The van der Waals surface area contributed by atoms with Crippen LogP contribution in [0.2, 0.25) is 0 Å². The molecule has 0 aliphatic carbocycles. The smallest absolute Gasteiger partial charge is 0.289 e. The minimum atomic E-state index is -0.176. The number of aryl methyl sites for hydroxylation is 1. The van der Waals surface area contributed by atoms with E-state index in [1.165, 1.54) is 11.8 Å². The maximum atomic E-state index is 12.6. The van der Waals surface area contributed by atoms with Crippen LogP contribution in [-0.4, -0.2) is 47.0 Å². The third kappa shape index (κ3) is 3.58. The number of furan rings is 1. The van der Waals surface area contributed by atoms with Gasteiger partial charge in [-0.15, -0.1) is 11.8 Å². The van der Waals surface area contributed by atoms with Crippen LogP contribution < -0.4 is 0 Å². The van der Waals surface area contributed by atoms with Gasteiger partial charge in [0.05, 0.1) is 11.5 Å². The summed E-state index contributed by atoms with van der Waals surface area (Å²) in [6, 6.07) is 11.5. The first-order valence-electron chi connectivity index (χ1n) is 8.29. The number of carbonyl (C=O) groups is 2. The molecular weight excluding hydrogens is 336 g/mol. The fourth-order valence-electron chi connectivity index (χ4n) is 2.95. The minimum Gasteiger partial charge on any atom is -0.459 e. The van der Waals surface area contributed by atoms with E-state index in [1.54, 1.807) is 35.8 Å². The Balaban J connectivity index is 1.72. The Kier molecular flexibility index (Phi) is 5.18. The Morgan fingerprint density at radius 2 is 2.04 bits per heavy atom. The molecule has 0 spiro atoms. The van der Waals surface area contributed by atoms with Gasteiger partial charge in [-0.1, -0.05) is 24.3 Å². The number of hydrogen-bond acceptors (Lipinski definition) is 4. The van der Waals surface area contributed by atoms with Crippen LogP contribution in [0.3, 0.4) is 0 Å². The predicted octanol–water partition coefficient (Wildman–Crippen LogP) is 3.32. The van der Waals surface area contributed by atoms with Gasteiger partial charge in [0, 0.05) is 20.1 Å². The molecule has 2 heterocycles. The van der Waals surface area contributed by atoms with E-state index in [1.807, 2.05) is 24.0 Å². The van der Waals surface area contributed by atoms with Crippen molar-refractivity contribution in [3.8, 4) is 0 Å². The van der Waals surface area contributed by atoms with Gasteiger partial charge in [-0.05, 0) is 37.1 Å². The Morgan fingerprint density at radius 1 is 1.28 bits per heavy atom. The molecule has 1 aliphatic heterocycles. The molecule has 3 rings (SSSR count).